The van der Waals surface area contributed by atoms with Gasteiger partial charge in [-0.25, -0.2) is 0 Å². The molecule has 1 heterocycles. The first-order valence-electron chi connectivity index (χ1n) is 7.87. The number of hydrogen-bond acceptors (Lipinski definition) is 4. The van der Waals surface area contributed by atoms with Gasteiger partial charge in [-0.3, -0.25) is 14.5 Å². The van der Waals surface area contributed by atoms with Crippen molar-refractivity contribution < 1.29 is 9.59 Å². The summed E-state index contributed by atoms with van der Waals surface area (Å²) in [5.41, 5.74) is 0.833. The van der Waals surface area contributed by atoms with Gasteiger partial charge in [0.1, 0.15) is 0 Å². The number of carbonyl (C=O) groups excluding carboxylic acids is 2. The molecule has 1 aromatic rings. The minimum atomic E-state index is 0.000592. The van der Waals surface area contributed by atoms with Crippen molar-refractivity contribution in [2.75, 3.05) is 45.3 Å². The molecule has 6 heteroatoms. The second-order valence-electron chi connectivity index (χ2n) is 6.06. The molecule has 2 amide bonds. The summed E-state index contributed by atoms with van der Waals surface area (Å²) in [5, 5.41) is 2.95. The van der Waals surface area contributed by atoms with Crippen LogP contribution in [0, 0.1) is 5.92 Å². The second kappa shape index (κ2) is 8.36. The summed E-state index contributed by atoms with van der Waals surface area (Å²) in [4.78, 5) is 29.0. The molecule has 23 heavy (non-hydrogen) atoms. The fourth-order valence-electron chi connectivity index (χ4n) is 2.81. The summed E-state index contributed by atoms with van der Waals surface area (Å²) in [6.45, 7) is 1.97. The topological polar surface area (TPSA) is 52.7 Å². The standard InChI is InChI=1S/C17H25N3O2S/c1-19(2)17(22)13-7-9-20(10-8-13)12-16(21)18-14-5-4-6-15(11-14)23-3/h4-6,11,13H,7-10,12H2,1-3H3,(H,18,21). The quantitative estimate of drug-likeness (QED) is 0.838. The summed E-state index contributed by atoms with van der Waals surface area (Å²) in [6, 6.07) is 7.84. The van der Waals surface area contributed by atoms with E-state index in [0.717, 1.165) is 36.5 Å². The van der Waals surface area contributed by atoms with Gasteiger partial charge in [0.15, 0.2) is 0 Å². The molecule has 0 radical (unpaired) electrons. The Morgan fingerprint density at radius 3 is 2.61 bits per heavy atom. The number of hydrogen-bond donors (Lipinski definition) is 1. The molecule has 5 nitrogen and oxygen atoms in total. The fraction of sp³-hybridized carbons (Fsp3) is 0.529. The van der Waals surface area contributed by atoms with Crippen LogP contribution in [0.15, 0.2) is 29.2 Å². The molecule has 0 atom stereocenters. The lowest BCUT2D eigenvalue weighted by Gasteiger charge is -2.31. The number of rotatable bonds is 5. The van der Waals surface area contributed by atoms with Crippen molar-refractivity contribution in [3.05, 3.63) is 24.3 Å². The summed E-state index contributed by atoms with van der Waals surface area (Å²) >= 11 is 1.65. The number of amides is 2. The molecule has 1 N–H and O–H groups in total. The average Bonchev–Trinajstić information content (AvgIpc) is 2.54. The smallest absolute Gasteiger partial charge is 0.238 e. The van der Waals surface area contributed by atoms with Crippen LogP contribution in [0.4, 0.5) is 5.69 Å². The van der Waals surface area contributed by atoms with Gasteiger partial charge >= 0.3 is 0 Å². The van der Waals surface area contributed by atoms with E-state index < -0.39 is 0 Å². The van der Waals surface area contributed by atoms with Crippen LogP contribution >= 0.6 is 11.8 Å². The highest BCUT2D eigenvalue weighted by Crippen LogP contribution is 2.20. The monoisotopic (exact) mass is 335 g/mol. The SMILES string of the molecule is CSc1cccc(NC(=O)CN2CCC(C(=O)N(C)C)CC2)c1. The van der Waals surface area contributed by atoms with Crippen molar-refractivity contribution in [1.82, 2.24) is 9.80 Å². The van der Waals surface area contributed by atoms with Gasteiger partial charge in [-0.05, 0) is 50.4 Å². The lowest BCUT2D eigenvalue weighted by Crippen LogP contribution is -2.43. The number of nitrogens with one attached hydrogen (secondary N) is 1. The van der Waals surface area contributed by atoms with Crippen molar-refractivity contribution in [2.45, 2.75) is 17.7 Å². The third-order valence-corrected chi connectivity index (χ3v) is 4.82. The highest BCUT2D eigenvalue weighted by atomic mass is 32.2. The maximum Gasteiger partial charge on any atom is 0.238 e. The minimum absolute atomic E-state index is 0.000592. The van der Waals surface area contributed by atoms with E-state index in [1.54, 1.807) is 30.8 Å². The van der Waals surface area contributed by atoms with Gasteiger partial charge in [0, 0.05) is 30.6 Å². The Kier molecular flexibility index (Phi) is 6.47. The van der Waals surface area contributed by atoms with Crippen molar-refractivity contribution in [3.8, 4) is 0 Å². The molecule has 0 spiro atoms. The second-order valence-corrected chi connectivity index (χ2v) is 6.94. The van der Waals surface area contributed by atoms with Crippen molar-refractivity contribution in [1.29, 1.82) is 0 Å². The van der Waals surface area contributed by atoms with Crippen LogP contribution in [0.3, 0.4) is 0 Å². The predicted molar refractivity (Wildman–Crippen MR) is 94.7 cm³/mol. The van der Waals surface area contributed by atoms with Crippen molar-refractivity contribution >= 4 is 29.3 Å². The van der Waals surface area contributed by atoms with Crippen LogP contribution < -0.4 is 5.32 Å². The van der Waals surface area contributed by atoms with Gasteiger partial charge in [0.2, 0.25) is 11.8 Å². The van der Waals surface area contributed by atoms with Crippen LogP contribution in [0.5, 0.6) is 0 Å². The van der Waals surface area contributed by atoms with Crippen LogP contribution in [-0.2, 0) is 9.59 Å². The summed E-state index contributed by atoms with van der Waals surface area (Å²) in [7, 11) is 3.59. The predicted octanol–water partition coefficient (Wildman–Crippen LogP) is 2.15. The number of anilines is 1. The number of likely N-dealkylation sites (tertiary alicyclic amines) is 1. The van der Waals surface area contributed by atoms with Crippen molar-refractivity contribution in [3.63, 3.8) is 0 Å². The van der Waals surface area contributed by atoms with Crippen LogP contribution in [0.25, 0.3) is 0 Å². The zero-order valence-electron chi connectivity index (χ0n) is 14.0. The van der Waals surface area contributed by atoms with Crippen LogP contribution in [0.1, 0.15) is 12.8 Å². The Bertz CT molecular complexity index is 555. The van der Waals surface area contributed by atoms with Gasteiger partial charge in [0.05, 0.1) is 6.54 Å². The summed E-state index contributed by atoms with van der Waals surface area (Å²) < 4.78 is 0. The zero-order chi connectivity index (χ0) is 16.8. The summed E-state index contributed by atoms with van der Waals surface area (Å²) in [6.07, 6.45) is 3.67. The molecule has 1 aliphatic rings. The normalized spacial score (nSPS) is 16.1. The zero-order valence-corrected chi connectivity index (χ0v) is 14.9. The number of piperidine rings is 1. The number of benzene rings is 1. The Morgan fingerprint density at radius 1 is 1.30 bits per heavy atom. The molecule has 1 aromatic carbocycles. The molecule has 0 aliphatic carbocycles. The molecule has 0 aromatic heterocycles. The number of thioether (sulfide) groups is 1. The van der Waals surface area contributed by atoms with E-state index in [0.29, 0.717) is 6.54 Å². The third-order valence-electron chi connectivity index (χ3n) is 4.10. The van der Waals surface area contributed by atoms with E-state index in [2.05, 4.69) is 10.2 Å². The van der Waals surface area contributed by atoms with Gasteiger partial charge in [-0.1, -0.05) is 6.07 Å². The van der Waals surface area contributed by atoms with Gasteiger partial charge in [-0.2, -0.15) is 0 Å². The Labute approximate surface area is 142 Å². The maximum absolute atomic E-state index is 12.2. The maximum atomic E-state index is 12.2. The van der Waals surface area contributed by atoms with E-state index in [1.165, 1.54) is 0 Å². The Morgan fingerprint density at radius 2 is 2.00 bits per heavy atom. The fourth-order valence-corrected chi connectivity index (χ4v) is 3.27. The van der Waals surface area contributed by atoms with E-state index in [4.69, 9.17) is 0 Å². The third kappa shape index (κ3) is 5.25. The van der Waals surface area contributed by atoms with Gasteiger partial charge in [0.25, 0.3) is 0 Å². The van der Waals surface area contributed by atoms with E-state index >= 15 is 0 Å². The van der Waals surface area contributed by atoms with Crippen molar-refractivity contribution in [2.24, 2.45) is 5.92 Å². The first kappa shape index (κ1) is 17.8. The minimum Gasteiger partial charge on any atom is -0.349 e. The molecule has 2 rings (SSSR count). The summed E-state index contributed by atoms with van der Waals surface area (Å²) in [5.74, 6) is 0.297. The molecule has 1 aliphatic heterocycles. The van der Waals surface area contributed by atoms with Gasteiger partial charge in [-0.15, -0.1) is 11.8 Å². The molecule has 1 saturated heterocycles. The van der Waals surface area contributed by atoms with Gasteiger partial charge < -0.3 is 10.2 Å². The molecule has 0 unspecified atom stereocenters. The molecular formula is C17H25N3O2S. The first-order chi connectivity index (χ1) is 11.0. The van der Waals surface area contributed by atoms with E-state index in [-0.39, 0.29) is 17.7 Å². The van der Waals surface area contributed by atoms with E-state index in [9.17, 15) is 9.59 Å². The van der Waals surface area contributed by atoms with Crippen LogP contribution in [-0.4, -0.2) is 61.6 Å². The lowest BCUT2D eigenvalue weighted by atomic mass is 9.95. The lowest BCUT2D eigenvalue weighted by molar-refractivity contribution is -0.134. The number of carbonyl (C=O) groups is 2. The molecule has 0 bridgehead atoms. The van der Waals surface area contributed by atoms with Crippen LogP contribution in [0.2, 0.25) is 0 Å². The molecule has 0 saturated carbocycles. The highest BCUT2D eigenvalue weighted by molar-refractivity contribution is 7.98. The largest absolute Gasteiger partial charge is 0.349 e. The molecular weight excluding hydrogens is 310 g/mol. The first-order valence-corrected chi connectivity index (χ1v) is 9.09. The Hall–Kier alpha value is -1.53. The number of nitrogens with zero attached hydrogens (tertiary/aromatic N) is 2. The molecule has 1 fully saturated rings. The molecule has 126 valence electrons. The highest BCUT2D eigenvalue weighted by Gasteiger charge is 2.26. The Balaban J connectivity index is 1.79. The van der Waals surface area contributed by atoms with E-state index in [1.807, 2.05) is 30.5 Å². The average molecular weight is 335 g/mol.